The van der Waals surface area contributed by atoms with E-state index in [2.05, 4.69) is 10.2 Å². The number of alkyl carbamates (subject to hydrolysis) is 1. The van der Waals surface area contributed by atoms with Crippen molar-refractivity contribution in [3.8, 4) is 0 Å². The van der Waals surface area contributed by atoms with Gasteiger partial charge in [0, 0.05) is 13.0 Å². The number of carbonyl (C=O) groups excluding carboxylic acids is 1. The van der Waals surface area contributed by atoms with E-state index in [1.807, 2.05) is 20.8 Å². The van der Waals surface area contributed by atoms with Crippen LogP contribution in [0.3, 0.4) is 0 Å². The third-order valence-electron chi connectivity index (χ3n) is 2.11. The second kappa shape index (κ2) is 8.86. The predicted molar refractivity (Wildman–Crippen MR) is 68.8 cm³/mol. The maximum absolute atomic E-state index is 11.3. The van der Waals surface area contributed by atoms with Crippen LogP contribution >= 0.6 is 0 Å². The highest BCUT2D eigenvalue weighted by Gasteiger charge is 2.15. The van der Waals surface area contributed by atoms with Gasteiger partial charge >= 0.3 is 6.09 Å². The molecule has 0 fully saturated rings. The molecule has 0 aliphatic rings. The second-order valence-corrected chi connectivity index (χ2v) is 5.08. The van der Waals surface area contributed by atoms with Crippen LogP contribution in [-0.4, -0.2) is 24.8 Å². The van der Waals surface area contributed by atoms with Crippen molar-refractivity contribution in [2.75, 3.05) is 13.1 Å². The first kappa shape index (κ1) is 15.8. The largest absolute Gasteiger partial charge is 0.444 e. The molecule has 0 aromatic rings. The zero-order chi connectivity index (χ0) is 13.1. The van der Waals surface area contributed by atoms with E-state index in [4.69, 9.17) is 11.3 Å². The number of hydrogen-bond acceptors (Lipinski definition) is 2. The van der Waals surface area contributed by atoms with E-state index in [1.54, 1.807) is 0 Å². The van der Waals surface area contributed by atoms with Crippen LogP contribution in [0.25, 0.3) is 4.85 Å². The summed E-state index contributed by atoms with van der Waals surface area (Å²) in [4.78, 5) is 14.6. The minimum absolute atomic E-state index is 0.342. The van der Waals surface area contributed by atoms with Crippen molar-refractivity contribution in [3.05, 3.63) is 11.4 Å². The zero-order valence-electron chi connectivity index (χ0n) is 11.2. The Morgan fingerprint density at radius 1 is 1.18 bits per heavy atom. The second-order valence-electron chi connectivity index (χ2n) is 5.08. The SMILES string of the molecule is [C-]#[N+]CCCCCCCNC(=O)OC(C)(C)C. The predicted octanol–water partition coefficient (Wildman–Crippen LogP) is 3.38. The lowest BCUT2D eigenvalue weighted by Gasteiger charge is -2.19. The van der Waals surface area contributed by atoms with Gasteiger partial charge in [0.15, 0.2) is 0 Å². The molecular formula is C13H24N2O2. The van der Waals surface area contributed by atoms with Gasteiger partial charge in [-0.05, 0) is 33.6 Å². The van der Waals surface area contributed by atoms with Gasteiger partial charge in [-0.25, -0.2) is 11.4 Å². The monoisotopic (exact) mass is 240 g/mol. The molecule has 4 nitrogen and oxygen atoms in total. The molecule has 0 radical (unpaired) electrons. The maximum atomic E-state index is 11.3. The van der Waals surface area contributed by atoms with Gasteiger partial charge < -0.3 is 14.9 Å². The Kier molecular flexibility index (Phi) is 8.21. The first-order valence-corrected chi connectivity index (χ1v) is 6.26. The van der Waals surface area contributed by atoms with Gasteiger partial charge in [-0.2, -0.15) is 0 Å². The normalized spacial score (nSPS) is 10.7. The number of amides is 1. The minimum atomic E-state index is -0.427. The van der Waals surface area contributed by atoms with Gasteiger partial charge in [0.1, 0.15) is 5.60 Å². The van der Waals surface area contributed by atoms with Crippen molar-refractivity contribution >= 4 is 6.09 Å². The Hall–Kier alpha value is -1.24. The van der Waals surface area contributed by atoms with Gasteiger partial charge in [0.2, 0.25) is 6.54 Å². The highest BCUT2D eigenvalue weighted by Crippen LogP contribution is 2.06. The van der Waals surface area contributed by atoms with Crippen LogP contribution in [0.1, 0.15) is 52.9 Å². The van der Waals surface area contributed by atoms with Crippen molar-refractivity contribution in [1.29, 1.82) is 0 Å². The molecule has 0 saturated carbocycles. The van der Waals surface area contributed by atoms with Crippen LogP contribution in [0.5, 0.6) is 0 Å². The van der Waals surface area contributed by atoms with Crippen LogP contribution in [0.4, 0.5) is 4.79 Å². The fourth-order valence-corrected chi connectivity index (χ4v) is 1.35. The fraction of sp³-hybridized carbons (Fsp3) is 0.846. The Morgan fingerprint density at radius 3 is 2.35 bits per heavy atom. The molecule has 0 aromatic heterocycles. The van der Waals surface area contributed by atoms with E-state index >= 15 is 0 Å². The molecule has 0 aromatic carbocycles. The van der Waals surface area contributed by atoms with Gasteiger partial charge in [-0.15, -0.1) is 0 Å². The molecule has 1 N–H and O–H groups in total. The van der Waals surface area contributed by atoms with Crippen LogP contribution in [0.2, 0.25) is 0 Å². The highest BCUT2D eigenvalue weighted by atomic mass is 16.6. The smallest absolute Gasteiger partial charge is 0.407 e. The van der Waals surface area contributed by atoms with Crippen molar-refractivity contribution in [1.82, 2.24) is 5.32 Å². The number of ether oxygens (including phenoxy) is 1. The molecule has 4 heteroatoms. The first-order valence-electron chi connectivity index (χ1n) is 6.26. The van der Waals surface area contributed by atoms with Crippen LogP contribution in [0.15, 0.2) is 0 Å². The maximum Gasteiger partial charge on any atom is 0.407 e. The molecular weight excluding hydrogens is 216 g/mol. The van der Waals surface area contributed by atoms with Gasteiger partial charge in [0.05, 0.1) is 0 Å². The van der Waals surface area contributed by atoms with Gasteiger partial charge in [-0.3, -0.25) is 0 Å². The average Bonchev–Trinajstić information content (AvgIpc) is 2.19. The van der Waals surface area contributed by atoms with Crippen LogP contribution in [0, 0.1) is 6.57 Å². The van der Waals surface area contributed by atoms with E-state index in [-0.39, 0.29) is 6.09 Å². The Morgan fingerprint density at radius 2 is 1.76 bits per heavy atom. The summed E-state index contributed by atoms with van der Waals surface area (Å²) in [6.45, 7) is 13.5. The first-order chi connectivity index (χ1) is 7.95. The fourth-order valence-electron chi connectivity index (χ4n) is 1.35. The minimum Gasteiger partial charge on any atom is -0.444 e. The summed E-state index contributed by atoms with van der Waals surface area (Å²) in [5.41, 5.74) is -0.427. The van der Waals surface area contributed by atoms with E-state index < -0.39 is 5.60 Å². The molecule has 0 aliphatic heterocycles. The lowest BCUT2D eigenvalue weighted by molar-refractivity contribution is 0.0527. The molecule has 17 heavy (non-hydrogen) atoms. The number of unbranched alkanes of at least 4 members (excludes halogenated alkanes) is 4. The summed E-state index contributed by atoms with van der Waals surface area (Å²) in [5.74, 6) is 0. The average molecular weight is 240 g/mol. The van der Waals surface area contributed by atoms with Crippen LogP contribution in [-0.2, 0) is 4.74 Å². The molecule has 0 spiro atoms. The van der Waals surface area contributed by atoms with E-state index in [0.29, 0.717) is 13.1 Å². The van der Waals surface area contributed by atoms with Crippen molar-refractivity contribution < 1.29 is 9.53 Å². The molecule has 0 unspecified atom stereocenters. The Bertz CT molecular complexity index is 251. The zero-order valence-corrected chi connectivity index (χ0v) is 11.2. The summed E-state index contributed by atoms with van der Waals surface area (Å²) in [6.07, 6.45) is 4.94. The van der Waals surface area contributed by atoms with E-state index in [9.17, 15) is 4.79 Å². The molecule has 0 rings (SSSR count). The number of hydrogen-bond donors (Lipinski definition) is 1. The van der Waals surface area contributed by atoms with E-state index in [1.165, 1.54) is 0 Å². The Labute approximate surface area is 105 Å². The van der Waals surface area contributed by atoms with Crippen molar-refractivity contribution in [3.63, 3.8) is 0 Å². The molecule has 0 saturated heterocycles. The summed E-state index contributed by atoms with van der Waals surface area (Å²) in [5, 5.41) is 2.73. The third-order valence-corrected chi connectivity index (χ3v) is 2.11. The highest BCUT2D eigenvalue weighted by molar-refractivity contribution is 5.67. The summed E-state index contributed by atoms with van der Waals surface area (Å²) < 4.78 is 5.11. The summed E-state index contributed by atoms with van der Waals surface area (Å²) >= 11 is 0. The molecule has 0 bridgehead atoms. The summed E-state index contributed by atoms with van der Waals surface area (Å²) in [6, 6.07) is 0. The summed E-state index contributed by atoms with van der Waals surface area (Å²) in [7, 11) is 0. The Balaban J connectivity index is 3.29. The van der Waals surface area contributed by atoms with Gasteiger partial charge in [0.25, 0.3) is 0 Å². The molecule has 98 valence electrons. The number of carbonyl (C=O) groups is 1. The molecule has 0 heterocycles. The number of nitrogens with one attached hydrogen (secondary N) is 1. The number of nitrogens with zero attached hydrogens (tertiary/aromatic N) is 1. The van der Waals surface area contributed by atoms with Gasteiger partial charge in [-0.1, -0.05) is 12.8 Å². The van der Waals surface area contributed by atoms with Crippen molar-refractivity contribution in [2.24, 2.45) is 0 Å². The topological polar surface area (TPSA) is 42.7 Å². The van der Waals surface area contributed by atoms with E-state index in [0.717, 1.165) is 32.1 Å². The third kappa shape index (κ3) is 12.7. The van der Waals surface area contributed by atoms with Crippen molar-refractivity contribution in [2.45, 2.75) is 58.5 Å². The lowest BCUT2D eigenvalue weighted by Crippen LogP contribution is -2.32. The van der Waals surface area contributed by atoms with Crippen LogP contribution < -0.4 is 5.32 Å². The quantitative estimate of drug-likeness (QED) is 0.547. The number of rotatable bonds is 7. The molecule has 0 aliphatic carbocycles. The lowest BCUT2D eigenvalue weighted by atomic mass is 10.1. The molecule has 0 atom stereocenters. The standard InChI is InChI=1S/C13H24N2O2/c1-13(2,3)17-12(16)15-11-9-7-5-6-8-10-14-4/h5-11H2,1-3H3,(H,15,16). The molecule has 1 amide bonds.